The Balaban J connectivity index is 2.04. The van der Waals surface area contributed by atoms with Crippen molar-refractivity contribution in [1.29, 1.82) is 0 Å². The Labute approximate surface area is 137 Å². The maximum Gasteiger partial charge on any atom is 0.295 e. The van der Waals surface area contributed by atoms with Crippen LogP contribution in [0.5, 0.6) is 0 Å². The lowest BCUT2D eigenvalue weighted by Gasteiger charge is -2.22. The monoisotopic (exact) mass is 355 g/mol. The number of nitrogens with two attached hydrogens (primary N) is 1. The number of anilines is 1. The van der Waals surface area contributed by atoms with Gasteiger partial charge in [0.15, 0.2) is 0 Å². The fourth-order valence-electron chi connectivity index (χ4n) is 2.80. The SMILES string of the molecule is NS(=O)(=O)c1cc([N+](=O)[O-])c(NCC2CCOCC2)c2[nH]cnc12. The van der Waals surface area contributed by atoms with E-state index in [9.17, 15) is 18.5 Å². The van der Waals surface area contributed by atoms with E-state index < -0.39 is 14.9 Å². The Morgan fingerprint density at radius 1 is 1.46 bits per heavy atom. The number of primary sulfonamides is 1. The number of hydrogen-bond donors (Lipinski definition) is 3. The third-order valence-corrected chi connectivity index (χ3v) is 4.98. The van der Waals surface area contributed by atoms with Crippen LogP contribution in [0, 0.1) is 16.0 Å². The summed E-state index contributed by atoms with van der Waals surface area (Å²) in [6.45, 7) is 1.85. The first kappa shape index (κ1) is 16.6. The van der Waals surface area contributed by atoms with Gasteiger partial charge in [0.2, 0.25) is 10.0 Å². The summed E-state index contributed by atoms with van der Waals surface area (Å²) < 4.78 is 28.7. The van der Waals surface area contributed by atoms with Gasteiger partial charge in [-0.15, -0.1) is 0 Å². The number of hydrogen-bond acceptors (Lipinski definition) is 7. The minimum atomic E-state index is -4.14. The Hall–Kier alpha value is -2.24. The van der Waals surface area contributed by atoms with Gasteiger partial charge < -0.3 is 15.0 Å². The van der Waals surface area contributed by atoms with Crippen LogP contribution in [-0.2, 0) is 14.8 Å². The molecule has 130 valence electrons. The van der Waals surface area contributed by atoms with Crippen molar-refractivity contribution in [3.63, 3.8) is 0 Å². The van der Waals surface area contributed by atoms with Crippen LogP contribution in [0.2, 0.25) is 0 Å². The molecule has 0 unspecified atom stereocenters. The van der Waals surface area contributed by atoms with Crippen molar-refractivity contribution in [3.8, 4) is 0 Å². The first-order chi connectivity index (χ1) is 11.4. The molecule has 0 saturated carbocycles. The van der Waals surface area contributed by atoms with E-state index in [1.807, 2.05) is 0 Å². The largest absolute Gasteiger partial charge is 0.381 e. The van der Waals surface area contributed by atoms with Crippen LogP contribution >= 0.6 is 0 Å². The maximum atomic E-state index is 11.7. The average Bonchev–Trinajstić information content (AvgIpc) is 3.01. The molecule has 1 fully saturated rings. The van der Waals surface area contributed by atoms with Crippen LogP contribution in [0.4, 0.5) is 11.4 Å². The van der Waals surface area contributed by atoms with Gasteiger partial charge in [-0.2, -0.15) is 0 Å². The van der Waals surface area contributed by atoms with Crippen LogP contribution in [0.25, 0.3) is 11.0 Å². The van der Waals surface area contributed by atoms with Crippen LogP contribution in [0.15, 0.2) is 17.3 Å². The number of H-pyrrole nitrogens is 1. The number of benzene rings is 1. The molecule has 2 aromatic rings. The summed E-state index contributed by atoms with van der Waals surface area (Å²) in [4.78, 5) is 17.1. The molecular formula is C13H17N5O5S. The smallest absolute Gasteiger partial charge is 0.295 e. The van der Waals surface area contributed by atoms with Crippen LogP contribution in [0.1, 0.15) is 12.8 Å². The van der Waals surface area contributed by atoms with E-state index in [-0.39, 0.29) is 27.3 Å². The Bertz CT molecular complexity index is 872. The van der Waals surface area contributed by atoms with Gasteiger partial charge in [0.05, 0.1) is 16.8 Å². The van der Waals surface area contributed by atoms with Crippen LogP contribution < -0.4 is 10.5 Å². The average molecular weight is 355 g/mol. The number of aromatic nitrogens is 2. The standard InChI is InChI=1S/C13H17N5O5S/c14-24(21,22)10-5-9(18(19)20)11(13-12(10)16-7-17-13)15-6-8-1-3-23-4-2-8/h5,7-8,15H,1-4,6H2,(H,16,17)(H2,14,21,22). The zero-order valence-corrected chi connectivity index (χ0v) is 13.5. The van der Waals surface area contributed by atoms with Crippen molar-refractivity contribution >= 4 is 32.4 Å². The molecule has 2 heterocycles. The first-order valence-electron chi connectivity index (χ1n) is 7.37. The van der Waals surface area contributed by atoms with E-state index in [4.69, 9.17) is 9.88 Å². The third-order valence-electron chi connectivity index (χ3n) is 4.06. The maximum absolute atomic E-state index is 11.7. The Morgan fingerprint density at radius 3 is 2.79 bits per heavy atom. The number of sulfonamides is 1. The summed E-state index contributed by atoms with van der Waals surface area (Å²) in [5.74, 6) is 0.328. The van der Waals surface area contributed by atoms with Crippen molar-refractivity contribution in [1.82, 2.24) is 9.97 Å². The van der Waals surface area contributed by atoms with E-state index in [0.717, 1.165) is 18.9 Å². The minimum Gasteiger partial charge on any atom is -0.381 e. The van der Waals surface area contributed by atoms with Gasteiger partial charge in [0.25, 0.3) is 5.69 Å². The molecule has 0 atom stereocenters. The molecule has 0 amide bonds. The zero-order chi connectivity index (χ0) is 17.3. The molecule has 0 aliphatic carbocycles. The number of aromatic amines is 1. The fraction of sp³-hybridized carbons (Fsp3) is 0.462. The second kappa shape index (κ2) is 6.34. The zero-order valence-electron chi connectivity index (χ0n) is 12.7. The predicted octanol–water partition coefficient (Wildman–Crippen LogP) is 0.957. The van der Waals surface area contributed by atoms with Crippen molar-refractivity contribution in [3.05, 3.63) is 22.5 Å². The van der Waals surface area contributed by atoms with E-state index in [0.29, 0.717) is 25.7 Å². The lowest BCUT2D eigenvalue weighted by Crippen LogP contribution is -2.23. The van der Waals surface area contributed by atoms with Crippen molar-refractivity contribution in [2.45, 2.75) is 17.7 Å². The molecule has 0 spiro atoms. The summed E-state index contributed by atoms with van der Waals surface area (Å²) >= 11 is 0. The quantitative estimate of drug-likeness (QED) is 0.533. The normalized spacial score (nSPS) is 16.4. The molecule has 0 radical (unpaired) electrons. The van der Waals surface area contributed by atoms with Gasteiger partial charge in [0, 0.05) is 25.8 Å². The first-order valence-corrected chi connectivity index (χ1v) is 8.91. The summed E-state index contributed by atoms with van der Waals surface area (Å²) in [7, 11) is -4.14. The predicted molar refractivity (Wildman–Crippen MR) is 86.2 cm³/mol. The molecule has 1 aromatic heterocycles. The van der Waals surface area contributed by atoms with E-state index in [1.165, 1.54) is 6.33 Å². The molecule has 3 rings (SSSR count). The summed E-state index contributed by atoms with van der Waals surface area (Å²) in [6, 6.07) is 0.949. The number of nitrogens with zero attached hydrogens (tertiary/aromatic N) is 2. The van der Waals surface area contributed by atoms with Crippen molar-refractivity contribution in [2.24, 2.45) is 11.1 Å². The highest BCUT2D eigenvalue weighted by molar-refractivity contribution is 7.89. The third kappa shape index (κ3) is 3.18. The van der Waals surface area contributed by atoms with E-state index in [1.54, 1.807) is 0 Å². The molecule has 0 bridgehead atoms. The highest BCUT2D eigenvalue weighted by Gasteiger charge is 2.27. The molecule has 1 aromatic carbocycles. The van der Waals surface area contributed by atoms with Gasteiger partial charge >= 0.3 is 0 Å². The second-order valence-corrected chi connectivity index (χ2v) is 7.16. The topological polar surface area (TPSA) is 153 Å². The van der Waals surface area contributed by atoms with Gasteiger partial charge in [-0.3, -0.25) is 10.1 Å². The van der Waals surface area contributed by atoms with Crippen molar-refractivity contribution in [2.75, 3.05) is 25.1 Å². The fourth-order valence-corrected chi connectivity index (χ4v) is 3.50. The van der Waals surface area contributed by atoms with Gasteiger partial charge in [-0.25, -0.2) is 18.5 Å². The van der Waals surface area contributed by atoms with E-state index >= 15 is 0 Å². The molecule has 1 aliphatic heterocycles. The summed E-state index contributed by atoms with van der Waals surface area (Å²) in [5.41, 5.74) is 0.187. The number of imidazole rings is 1. The second-order valence-electron chi connectivity index (χ2n) is 5.63. The van der Waals surface area contributed by atoms with Crippen LogP contribution in [-0.4, -0.2) is 43.1 Å². The molecule has 4 N–H and O–H groups in total. The lowest BCUT2D eigenvalue weighted by molar-refractivity contribution is -0.384. The Morgan fingerprint density at radius 2 is 2.17 bits per heavy atom. The number of nitro benzene ring substituents is 1. The highest BCUT2D eigenvalue weighted by atomic mass is 32.2. The molecule has 1 aliphatic rings. The molecule has 11 heteroatoms. The lowest BCUT2D eigenvalue weighted by atomic mass is 10.0. The summed E-state index contributed by atoms with van der Waals surface area (Å²) in [5, 5.41) is 19.6. The van der Waals surface area contributed by atoms with Gasteiger partial charge in [-0.05, 0) is 18.8 Å². The molecule has 10 nitrogen and oxygen atoms in total. The highest BCUT2D eigenvalue weighted by Crippen LogP contribution is 2.36. The molecule has 1 saturated heterocycles. The van der Waals surface area contributed by atoms with Gasteiger partial charge in [0.1, 0.15) is 16.1 Å². The number of nitro groups is 1. The molecular weight excluding hydrogens is 338 g/mol. The van der Waals surface area contributed by atoms with Crippen molar-refractivity contribution < 1.29 is 18.1 Å². The molecule has 24 heavy (non-hydrogen) atoms. The number of ether oxygens (including phenoxy) is 1. The van der Waals surface area contributed by atoms with E-state index in [2.05, 4.69) is 15.3 Å². The number of fused-ring (bicyclic) bond motifs is 1. The van der Waals surface area contributed by atoms with Crippen LogP contribution in [0.3, 0.4) is 0 Å². The Kier molecular flexibility index (Phi) is 4.39. The summed E-state index contributed by atoms with van der Waals surface area (Å²) in [6.07, 6.45) is 3.01. The number of rotatable bonds is 5. The minimum absolute atomic E-state index is 0.0811. The van der Waals surface area contributed by atoms with Gasteiger partial charge in [-0.1, -0.05) is 0 Å². The number of nitrogens with one attached hydrogen (secondary N) is 2.